The fourth-order valence-corrected chi connectivity index (χ4v) is 2.44. The van der Waals surface area contributed by atoms with E-state index in [1.54, 1.807) is 6.92 Å². The molecule has 1 aliphatic rings. The lowest BCUT2D eigenvalue weighted by Crippen LogP contribution is -2.42. The number of hydrogen-bond donors (Lipinski definition) is 4. The number of rotatable bonds is 3. The van der Waals surface area contributed by atoms with Crippen LogP contribution in [0.2, 0.25) is 0 Å². The molecule has 4 atom stereocenters. The van der Waals surface area contributed by atoms with E-state index in [0.717, 1.165) is 0 Å². The Morgan fingerprint density at radius 3 is 2.91 bits per heavy atom. The van der Waals surface area contributed by atoms with Gasteiger partial charge >= 0.3 is 0 Å². The minimum atomic E-state index is -1.35. The number of nitrogens with zero attached hydrogens (tertiary/aromatic N) is 4. The highest BCUT2D eigenvalue weighted by Gasteiger charge is 2.47. The van der Waals surface area contributed by atoms with E-state index in [4.69, 9.17) is 10.5 Å². The van der Waals surface area contributed by atoms with Crippen molar-refractivity contribution in [1.82, 2.24) is 24.8 Å². The molecule has 0 aliphatic carbocycles. The number of fused-ring (bicyclic) bond motifs is 1. The van der Waals surface area contributed by atoms with Crippen LogP contribution in [-0.2, 0) is 9.53 Å². The molecule has 5 N–H and O–H groups in total. The average molecular weight is 308 g/mol. The van der Waals surface area contributed by atoms with Crippen LogP contribution in [0, 0.1) is 0 Å². The quantitative estimate of drug-likeness (QED) is 0.517. The summed E-state index contributed by atoms with van der Waals surface area (Å²) in [6.07, 6.45) is -2.20. The van der Waals surface area contributed by atoms with Crippen LogP contribution in [0.3, 0.4) is 0 Å². The molecule has 1 amide bonds. The SMILES string of the molecule is CCNC(=O)[C@H]1O[C@@H](n2cnc3c(N)ncnc32)[C@@H](O)[C@@H]1O. The summed E-state index contributed by atoms with van der Waals surface area (Å²) in [5, 5.41) is 22.7. The summed E-state index contributed by atoms with van der Waals surface area (Å²) < 4.78 is 6.92. The largest absolute Gasteiger partial charge is 0.387 e. The molecule has 0 unspecified atom stereocenters. The second kappa shape index (κ2) is 5.48. The van der Waals surface area contributed by atoms with Gasteiger partial charge in [-0.2, -0.15) is 0 Å². The van der Waals surface area contributed by atoms with Crippen LogP contribution in [0.5, 0.6) is 0 Å². The zero-order valence-corrected chi connectivity index (χ0v) is 11.7. The summed E-state index contributed by atoms with van der Waals surface area (Å²) in [5.74, 6) is -0.299. The molecular weight excluding hydrogens is 292 g/mol. The van der Waals surface area contributed by atoms with Crippen molar-refractivity contribution in [3.05, 3.63) is 12.7 Å². The fraction of sp³-hybridized carbons (Fsp3) is 0.500. The van der Waals surface area contributed by atoms with Crippen LogP contribution in [0.25, 0.3) is 11.2 Å². The third kappa shape index (κ3) is 2.17. The number of amides is 1. The second-order valence-corrected chi connectivity index (χ2v) is 4.91. The molecule has 22 heavy (non-hydrogen) atoms. The number of carbonyl (C=O) groups is 1. The Morgan fingerprint density at radius 2 is 2.18 bits per heavy atom. The molecule has 118 valence electrons. The minimum absolute atomic E-state index is 0.192. The predicted octanol–water partition coefficient (Wildman–Crippen LogP) is -1.84. The molecule has 0 saturated carbocycles. The van der Waals surface area contributed by atoms with Crippen LogP contribution in [0.1, 0.15) is 13.2 Å². The van der Waals surface area contributed by atoms with Crippen molar-refractivity contribution in [2.45, 2.75) is 31.5 Å². The molecule has 1 fully saturated rings. The lowest BCUT2D eigenvalue weighted by molar-refractivity contribution is -0.137. The Balaban J connectivity index is 1.94. The lowest BCUT2D eigenvalue weighted by atomic mass is 10.1. The zero-order chi connectivity index (χ0) is 15.9. The summed E-state index contributed by atoms with van der Waals surface area (Å²) in [7, 11) is 0. The first-order valence-electron chi connectivity index (χ1n) is 6.77. The van der Waals surface area contributed by atoms with Gasteiger partial charge in [0.15, 0.2) is 23.8 Å². The highest BCUT2D eigenvalue weighted by molar-refractivity contribution is 5.82. The number of aliphatic hydroxyl groups is 2. The van der Waals surface area contributed by atoms with Crippen molar-refractivity contribution in [2.75, 3.05) is 12.3 Å². The standard InChI is InChI=1S/C12H16N6O4/c1-2-14-11(21)8-6(19)7(20)12(22-8)18-4-17-5-9(13)15-3-16-10(5)18/h3-4,6-8,12,19-20H,2H2,1H3,(H,14,21)(H2,13,15,16)/t6-,7-,8-,12+/m0/s1. The van der Waals surface area contributed by atoms with Crippen molar-refractivity contribution in [3.8, 4) is 0 Å². The smallest absolute Gasteiger partial charge is 0.252 e. The molecule has 0 spiro atoms. The first-order valence-corrected chi connectivity index (χ1v) is 6.77. The minimum Gasteiger partial charge on any atom is -0.387 e. The van der Waals surface area contributed by atoms with Crippen molar-refractivity contribution >= 4 is 22.9 Å². The number of anilines is 1. The number of imidazole rings is 1. The number of nitrogens with two attached hydrogens (primary N) is 1. The van der Waals surface area contributed by atoms with E-state index in [1.165, 1.54) is 17.2 Å². The van der Waals surface area contributed by atoms with Gasteiger partial charge in [-0.05, 0) is 6.92 Å². The first kappa shape index (κ1) is 14.6. The Labute approximate surface area is 124 Å². The molecule has 3 rings (SSSR count). The fourth-order valence-electron chi connectivity index (χ4n) is 2.44. The molecule has 3 heterocycles. The number of aliphatic hydroxyl groups excluding tert-OH is 2. The highest BCUT2D eigenvalue weighted by Crippen LogP contribution is 2.31. The Morgan fingerprint density at radius 1 is 1.41 bits per heavy atom. The molecule has 10 nitrogen and oxygen atoms in total. The second-order valence-electron chi connectivity index (χ2n) is 4.91. The van der Waals surface area contributed by atoms with Gasteiger partial charge in [0, 0.05) is 6.54 Å². The average Bonchev–Trinajstić information content (AvgIpc) is 3.03. The van der Waals surface area contributed by atoms with Crippen LogP contribution >= 0.6 is 0 Å². The summed E-state index contributed by atoms with van der Waals surface area (Å²) in [6.45, 7) is 2.14. The molecule has 10 heteroatoms. The number of nitrogens with one attached hydrogen (secondary N) is 1. The van der Waals surface area contributed by atoms with Gasteiger partial charge in [0.25, 0.3) is 5.91 Å². The molecule has 2 aromatic rings. The van der Waals surface area contributed by atoms with E-state index in [0.29, 0.717) is 17.7 Å². The zero-order valence-electron chi connectivity index (χ0n) is 11.7. The summed E-state index contributed by atoms with van der Waals surface area (Å²) in [5.41, 5.74) is 6.40. The van der Waals surface area contributed by atoms with Gasteiger partial charge in [-0.15, -0.1) is 0 Å². The number of hydrogen-bond acceptors (Lipinski definition) is 8. The molecule has 0 bridgehead atoms. The molecule has 0 radical (unpaired) electrons. The number of aromatic nitrogens is 4. The van der Waals surface area contributed by atoms with Gasteiger partial charge in [0.2, 0.25) is 0 Å². The summed E-state index contributed by atoms with van der Waals surface area (Å²) in [4.78, 5) is 23.8. The third-order valence-electron chi connectivity index (χ3n) is 3.51. The van der Waals surface area contributed by atoms with E-state index in [-0.39, 0.29) is 5.82 Å². The van der Waals surface area contributed by atoms with Gasteiger partial charge < -0.3 is 26.0 Å². The van der Waals surface area contributed by atoms with E-state index < -0.39 is 30.4 Å². The molecule has 1 saturated heterocycles. The predicted molar refractivity (Wildman–Crippen MR) is 74.3 cm³/mol. The highest BCUT2D eigenvalue weighted by atomic mass is 16.6. The normalized spacial score (nSPS) is 28.1. The molecule has 0 aromatic carbocycles. The van der Waals surface area contributed by atoms with E-state index in [9.17, 15) is 15.0 Å². The Kier molecular flexibility index (Phi) is 3.64. The third-order valence-corrected chi connectivity index (χ3v) is 3.51. The first-order chi connectivity index (χ1) is 10.5. The number of likely N-dealkylation sites (N-methyl/N-ethyl adjacent to an activating group) is 1. The number of nitrogen functional groups attached to an aromatic ring is 1. The van der Waals surface area contributed by atoms with Crippen molar-refractivity contribution in [2.24, 2.45) is 0 Å². The van der Waals surface area contributed by atoms with Gasteiger partial charge in [0.1, 0.15) is 24.1 Å². The van der Waals surface area contributed by atoms with Crippen LogP contribution in [0.4, 0.5) is 5.82 Å². The summed E-state index contributed by atoms with van der Waals surface area (Å²) in [6, 6.07) is 0. The van der Waals surface area contributed by atoms with Crippen molar-refractivity contribution in [3.63, 3.8) is 0 Å². The Hall–Kier alpha value is -2.30. The maximum atomic E-state index is 11.9. The summed E-state index contributed by atoms with van der Waals surface area (Å²) >= 11 is 0. The molecule has 1 aliphatic heterocycles. The monoisotopic (exact) mass is 308 g/mol. The maximum absolute atomic E-state index is 11.9. The van der Waals surface area contributed by atoms with Gasteiger partial charge in [-0.25, -0.2) is 15.0 Å². The number of carbonyl (C=O) groups excluding carboxylic acids is 1. The van der Waals surface area contributed by atoms with Crippen molar-refractivity contribution in [1.29, 1.82) is 0 Å². The topological polar surface area (TPSA) is 148 Å². The lowest BCUT2D eigenvalue weighted by Gasteiger charge is -2.16. The molecule has 2 aromatic heterocycles. The van der Waals surface area contributed by atoms with E-state index in [2.05, 4.69) is 20.3 Å². The van der Waals surface area contributed by atoms with E-state index >= 15 is 0 Å². The Bertz CT molecular complexity index is 704. The maximum Gasteiger partial charge on any atom is 0.252 e. The van der Waals surface area contributed by atoms with E-state index in [1.807, 2.05) is 0 Å². The van der Waals surface area contributed by atoms with Crippen LogP contribution in [0.15, 0.2) is 12.7 Å². The van der Waals surface area contributed by atoms with Gasteiger partial charge in [0.05, 0.1) is 6.33 Å². The van der Waals surface area contributed by atoms with Crippen LogP contribution in [-0.4, -0.2) is 60.5 Å². The number of ether oxygens (including phenoxy) is 1. The molecular formula is C12H16N6O4. The van der Waals surface area contributed by atoms with Gasteiger partial charge in [-0.3, -0.25) is 9.36 Å². The van der Waals surface area contributed by atoms with Gasteiger partial charge in [-0.1, -0.05) is 0 Å². The van der Waals surface area contributed by atoms with Crippen LogP contribution < -0.4 is 11.1 Å². The van der Waals surface area contributed by atoms with Crippen molar-refractivity contribution < 1.29 is 19.7 Å².